The number of amides is 4. The third kappa shape index (κ3) is 2.76. The Hall–Kier alpha value is -1.59. The molecule has 0 unspecified atom stereocenters. The van der Waals surface area contributed by atoms with E-state index in [1.165, 1.54) is 17.7 Å². The Kier molecular flexibility index (Phi) is 3.87. The number of imide groups is 1. The Morgan fingerprint density at radius 2 is 1.86 bits per heavy atom. The van der Waals surface area contributed by atoms with Crippen LogP contribution in [0.1, 0.15) is 57.8 Å². The molecule has 6 nitrogen and oxygen atoms in total. The topological polar surface area (TPSA) is 78.5 Å². The average Bonchev–Trinajstić information content (AvgIpc) is 3.14. The van der Waals surface area contributed by atoms with Gasteiger partial charge in [0, 0.05) is 19.0 Å². The lowest BCUT2D eigenvalue weighted by Crippen LogP contribution is -2.44. The molecule has 21 heavy (non-hydrogen) atoms. The van der Waals surface area contributed by atoms with Crippen molar-refractivity contribution in [2.45, 2.75) is 69.4 Å². The lowest BCUT2D eigenvalue weighted by atomic mass is 9.98. The number of carbonyl (C=O) groups excluding carboxylic acids is 3. The van der Waals surface area contributed by atoms with Gasteiger partial charge < -0.3 is 10.6 Å². The largest absolute Gasteiger partial charge is 0.353 e. The lowest BCUT2D eigenvalue weighted by Gasteiger charge is -2.20. The molecule has 0 aromatic heterocycles. The van der Waals surface area contributed by atoms with E-state index in [1.807, 2.05) is 0 Å². The maximum atomic E-state index is 12.4. The molecule has 6 heteroatoms. The minimum Gasteiger partial charge on any atom is -0.353 e. The van der Waals surface area contributed by atoms with Gasteiger partial charge >= 0.3 is 6.03 Å². The number of urea groups is 1. The van der Waals surface area contributed by atoms with E-state index >= 15 is 0 Å². The molecule has 1 saturated heterocycles. The molecule has 2 saturated carbocycles. The molecule has 1 heterocycles. The van der Waals surface area contributed by atoms with Gasteiger partial charge in [0.15, 0.2) is 0 Å². The van der Waals surface area contributed by atoms with E-state index in [4.69, 9.17) is 0 Å². The quantitative estimate of drug-likeness (QED) is 0.767. The third-order valence-electron chi connectivity index (χ3n) is 4.99. The molecule has 0 radical (unpaired) electrons. The van der Waals surface area contributed by atoms with Gasteiger partial charge in [-0.1, -0.05) is 25.7 Å². The van der Waals surface area contributed by atoms with Gasteiger partial charge in [0.05, 0.1) is 0 Å². The lowest BCUT2D eigenvalue weighted by molar-refractivity contribution is -0.131. The van der Waals surface area contributed by atoms with Crippen molar-refractivity contribution in [3.8, 4) is 0 Å². The van der Waals surface area contributed by atoms with Gasteiger partial charge in [-0.3, -0.25) is 14.5 Å². The van der Waals surface area contributed by atoms with Crippen molar-refractivity contribution in [3.63, 3.8) is 0 Å². The van der Waals surface area contributed by atoms with Crippen molar-refractivity contribution >= 4 is 17.8 Å². The fourth-order valence-electron chi connectivity index (χ4n) is 3.78. The summed E-state index contributed by atoms with van der Waals surface area (Å²) in [5.74, 6) is -0.200. The van der Waals surface area contributed by atoms with Crippen LogP contribution in [0.5, 0.6) is 0 Å². The van der Waals surface area contributed by atoms with E-state index in [1.54, 1.807) is 0 Å². The van der Waals surface area contributed by atoms with Crippen molar-refractivity contribution in [1.82, 2.24) is 15.5 Å². The highest BCUT2D eigenvalue weighted by molar-refractivity contribution is 6.07. The normalized spacial score (nSPS) is 24.9. The SMILES string of the molecule is O=C(CCN1C(=O)NC2(CCCC2)C1=O)NC1CCCC1. The second-order valence-electron chi connectivity index (χ2n) is 6.48. The predicted octanol–water partition coefficient (Wildman–Crippen LogP) is 1.30. The minimum absolute atomic E-state index is 0.0603. The summed E-state index contributed by atoms with van der Waals surface area (Å²) in [5, 5.41) is 5.82. The number of hydrogen-bond acceptors (Lipinski definition) is 3. The highest BCUT2D eigenvalue weighted by Crippen LogP contribution is 2.35. The third-order valence-corrected chi connectivity index (χ3v) is 4.99. The number of nitrogens with zero attached hydrogens (tertiary/aromatic N) is 1. The van der Waals surface area contributed by atoms with E-state index in [2.05, 4.69) is 10.6 Å². The molecule has 0 aromatic rings. The summed E-state index contributed by atoms with van der Waals surface area (Å²) in [6.45, 7) is 0.185. The van der Waals surface area contributed by atoms with Gasteiger partial charge in [0.1, 0.15) is 5.54 Å². The summed E-state index contributed by atoms with van der Waals surface area (Å²) in [6.07, 6.45) is 8.01. The molecular weight excluding hydrogens is 270 g/mol. The van der Waals surface area contributed by atoms with Crippen LogP contribution in [0.15, 0.2) is 0 Å². The Labute approximate surface area is 124 Å². The van der Waals surface area contributed by atoms with Crippen molar-refractivity contribution in [1.29, 1.82) is 0 Å². The second kappa shape index (κ2) is 5.66. The zero-order valence-electron chi connectivity index (χ0n) is 12.3. The van der Waals surface area contributed by atoms with Crippen molar-refractivity contribution in [2.75, 3.05) is 6.54 Å². The zero-order valence-corrected chi connectivity index (χ0v) is 12.3. The first-order valence-electron chi connectivity index (χ1n) is 8.04. The Morgan fingerprint density at radius 3 is 2.52 bits per heavy atom. The fourth-order valence-corrected chi connectivity index (χ4v) is 3.78. The zero-order chi connectivity index (χ0) is 14.9. The first kappa shape index (κ1) is 14.4. The molecule has 1 aliphatic heterocycles. The Balaban J connectivity index is 1.51. The molecule has 2 N–H and O–H groups in total. The van der Waals surface area contributed by atoms with Crippen LogP contribution in [0.2, 0.25) is 0 Å². The number of carbonyl (C=O) groups is 3. The molecule has 116 valence electrons. The molecular formula is C15H23N3O3. The van der Waals surface area contributed by atoms with Crippen LogP contribution in [0, 0.1) is 0 Å². The van der Waals surface area contributed by atoms with Crippen LogP contribution in [-0.2, 0) is 9.59 Å². The summed E-state index contributed by atoms with van der Waals surface area (Å²) >= 11 is 0. The maximum absolute atomic E-state index is 12.4. The molecule has 3 rings (SSSR count). The molecule has 1 spiro atoms. The maximum Gasteiger partial charge on any atom is 0.325 e. The summed E-state index contributed by atoms with van der Waals surface area (Å²) in [4.78, 5) is 37.5. The molecule has 3 aliphatic rings. The average molecular weight is 293 g/mol. The molecule has 3 fully saturated rings. The van der Waals surface area contributed by atoms with Crippen molar-refractivity contribution < 1.29 is 14.4 Å². The second-order valence-corrected chi connectivity index (χ2v) is 6.48. The van der Waals surface area contributed by atoms with E-state index in [9.17, 15) is 14.4 Å². The van der Waals surface area contributed by atoms with E-state index in [0.29, 0.717) is 0 Å². The van der Waals surface area contributed by atoms with Gasteiger partial charge in [-0.15, -0.1) is 0 Å². The number of nitrogens with one attached hydrogen (secondary N) is 2. The summed E-state index contributed by atoms with van der Waals surface area (Å²) in [7, 11) is 0. The highest BCUT2D eigenvalue weighted by atomic mass is 16.2. The molecule has 4 amide bonds. The smallest absolute Gasteiger partial charge is 0.325 e. The Morgan fingerprint density at radius 1 is 1.19 bits per heavy atom. The van der Waals surface area contributed by atoms with Crippen molar-refractivity contribution in [3.05, 3.63) is 0 Å². The molecule has 0 aromatic carbocycles. The Bertz CT molecular complexity index is 451. The van der Waals surface area contributed by atoms with Gasteiger partial charge in [0.25, 0.3) is 5.91 Å². The van der Waals surface area contributed by atoms with Gasteiger partial charge in [0.2, 0.25) is 5.91 Å². The first-order chi connectivity index (χ1) is 10.1. The summed E-state index contributed by atoms with van der Waals surface area (Å²) in [6, 6.07) is -0.0580. The van der Waals surface area contributed by atoms with Crippen LogP contribution < -0.4 is 10.6 Å². The molecule has 0 atom stereocenters. The first-order valence-corrected chi connectivity index (χ1v) is 8.04. The van der Waals surface area contributed by atoms with Crippen LogP contribution in [0.3, 0.4) is 0 Å². The van der Waals surface area contributed by atoms with Crippen LogP contribution in [0.25, 0.3) is 0 Å². The number of hydrogen-bond donors (Lipinski definition) is 2. The highest BCUT2D eigenvalue weighted by Gasteiger charge is 2.52. The molecule has 2 aliphatic carbocycles. The minimum atomic E-state index is -0.668. The van der Waals surface area contributed by atoms with E-state index in [-0.39, 0.29) is 36.9 Å². The van der Waals surface area contributed by atoms with E-state index in [0.717, 1.165) is 38.5 Å². The van der Waals surface area contributed by atoms with Crippen LogP contribution in [-0.4, -0.2) is 40.9 Å². The fraction of sp³-hybridized carbons (Fsp3) is 0.800. The van der Waals surface area contributed by atoms with Gasteiger partial charge in [-0.25, -0.2) is 4.79 Å². The van der Waals surface area contributed by atoms with Crippen LogP contribution in [0.4, 0.5) is 4.79 Å². The standard InChI is InChI=1S/C15H23N3O3/c19-12(16-11-5-1-2-6-11)7-10-18-13(20)15(17-14(18)21)8-3-4-9-15/h11H,1-10H2,(H,16,19)(H,17,21). The monoisotopic (exact) mass is 293 g/mol. The van der Waals surface area contributed by atoms with Crippen molar-refractivity contribution in [2.24, 2.45) is 0 Å². The summed E-state index contributed by atoms with van der Waals surface area (Å²) in [5.41, 5.74) is -0.668. The van der Waals surface area contributed by atoms with Gasteiger partial charge in [-0.05, 0) is 25.7 Å². The van der Waals surface area contributed by atoms with E-state index < -0.39 is 5.54 Å². The summed E-state index contributed by atoms with van der Waals surface area (Å²) < 4.78 is 0. The van der Waals surface area contributed by atoms with Crippen LogP contribution >= 0.6 is 0 Å². The predicted molar refractivity (Wildman–Crippen MR) is 76.5 cm³/mol. The molecule has 0 bridgehead atoms. The number of rotatable bonds is 4. The van der Waals surface area contributed by atoms with Gasteiger partial charge in [-0.2, -0.15) is 0 Å².